The smallest absolute Gasteiger partial charge is 0.253 e. The molecule has 64 valence electrons. The number of carbonyl (C=O) groups is 1. The van der Waals surface area contributed by atoms with E-state index in [0.717, 1.165) is 5.69 Å². The number of anilines is 1. The molecule has 0 fully saturated rings. The Hall–Kier alpha value is -0.730. The number of hydrogen-bond donors (Lipinski definition) is 1. The summed E-state index contributed by atoms with van der Waals surface area (Å²) in [5, 5.41) is 2.72. The predicted molar refractivity (Wildman–Crippen MR) is 51.2 cm³/mol. The number of nitrogens with one attached hydrogen (secondary N) is 1. The molecule has 0 amide bonds. The molecule has 2 nitrogen and oxygen atoms in total. The number of carbonyl (C=O) groups excluding carboxylic acids is 1. The van der Waals surface area contributed by atoms with E-state index < -0.39 is 5.24 Å². The van der Waals surface area contributed by atoms with E-state index in [2.05, 4.69) is 5.32 Å². The van der Waals surface area contributed by atoms with Crippen LogP contribution in [-0.4, -0.2) is 12.3 Å². The molecule has 0 atom stereocenters. The van der Waals surface area contributed by atoms with Gasteiger partial charge in [0.2, 0.25) is 0 Å². The lowest BCUT2D eigenvalue weighted by Gasteiger charge is -2.02. The largest absolute Gasteiger partial charge is 0.388 e. The number of halogens is 2. The van der Waals surface area contributed by atoms with Crippen LogP contribution in [0.5, 0.6) is 0 Å². The minimum Gasteiger partial charge on any atom is -0.388 e. The highest BCUT2D eigenvalue weighted by Gasteiger charge is 2.06. The van der Waals surface area contributed by atoms with Gasteiger partial charge in [-0.05, 0) is 29.8 Å². The van der Waals surface area contributed by atoms with Gasteiger partial charge in [0.15, 0.2) is 0 Å². The molecule has 1 N–H and O–H groups in total. The molecule has 1 rings (SSSR count). The summed E-state index contributed by atoms with van der Waals surface area (Å²) in [7, 11) is 1.77. The lowest BCUT2D eigenvalue weighted by Crippen LogP contribution is -1.93. The van der Waals surface area contributed by atoms with Gasteiger partial charge in [0, 0.05) is 12.7 Å². The predicted octanol–water partition coefficient (Wildman–Crippen LogP) is 2.76. The summed E-state index contributed by atoms with van der Waals surface area (Å²) in [4.78, 5) is 10.7. The summed E-state index contributed by atoms with van der Waals surface area (Å²) >= 11 is 11.0. The lowest BCUT2D eigenvalue weighted by atomic mass is 10.2. The summed E-state index contributed by atoms with van der Waals surface area (Å²) in [6.07, 6.45) is 0. The van der Waals surface area contributed by atoms with Crippen LogP contribution in [0.3, 0.4) is 0 Å². The molecule has 0 bridgehead atoms. The Morgan fingerprint density at radius 3 is 2.58 bits per heavy atom. The van der Waals surface area contributed by atoms with Crippen molar-refractivity contribution in [3.63, 3.8) is 0 Å². The van der Waals surface area contributed by atoms with Crippen LogP contribution < -0.4 is 5.32 Å². The highest BCUT2D eigenvalue weighted by Crippen LogP contribution is 2.21. The average Bonchev–Trinajstić information content (AvgIpc) is 2.03. The fourth-order valence-electron chi connectivity index (χ4n) is 0.830. The highest BCUT2D eigenvalue weighted by molar-refractivity contribution is 6.68. The molecule has 0 heterocycles. The van der Waals surface area contributed by atoms with E-state index in [4.69, 9.17) is 23.2 Å². The molecule has 0 saturated carbocycles. The van der Waals surface area contributed by atoms with Crippen molar-refractivity contribution < 1.29 is 4.79 Å². The lowest BCUT2D eigenvalue weighted by molar-refractivity contribution is 0.108. The number of benzene rings is 1. The minimum atomic E-state index is -0.539. The van der Waals surface area contributed by atoms with Crippen molar-refractivity contribution in [3.05, 3.63) is 28.8 Å². The topological polar surface area (TPSA) is 29.1 Å². The first-order valence-electron chi connectivity index (χ1n) is 3.32. The van der Waals surface area contributed by atoms with Crippen LogP contribution in [0, 0.1) is 0 Å². The molecule has 12 heavy (non-hydrogen) atoms. The van der Waals surface area contributed by atoms with Crippen molar-refractivity contribution in [2.24, 2.45) is 0 Å². The molecule has 0 aromatic heterocycles. The fourth-order valence-corrected chi connectivity index (χ4v) is 1.31. The zero-order valence-corrected chi connectivity index (χ0v) is 7.91. The van der Waals surface area contributed by atoms with Crippen LogP contribution in [-0.2, 0) is 0 Å². The Balaban J connectivity index is 3.12. The van der Waals surface area contributed by atoms with E-state index in [1.165, 1.54) is 0 Å². The zero-order valence-electron chi connectivity index (χ0n) is 6.40. The minimum absolute atomic E-state index is 0.331. The van der Waals surface area contributed by atoms with E-state index in [9.17, 15) is 4.79 Å². The first kappa shape index (κ1) is 9.36. The quantitative estimate of drug-likeness (QED) is 0.750. The van der Waals surface area contributed by atoms with Crippen LogP contribution in [0.25, 0.3) is 0 Å². The highest BCUT2D eigenvalue weighted by atomic mass is 35.5. The van der Waals surface area contributed by atoms with Gasteiger partial charge in [-0.25, -0.2) is 0 Å². The molecule has 0 aliphatic carbocycles. The number of rotatable bonds is 2. The van der Waals surface area contributed by atoms with Crippen molar-refractivity contribution in [1.82, 2.24) is 0 Å². The van der Waals surface area contributed by atoms with Crippen molar-refractivity contribution in [2.45, 2.75) is 0 Å². The third kappa shape index (κ3) is 1.90. The summed E-state index contributed by atoms with van der Waals surface area (Å²) in [6, 6.07) is 4.97. The molecule has 0 aliphatic rings. The monoisotopic (exact) mass is 203 g/mol. The van der Waals surface area contributed by atoms with E-state index in [1.807, 2.05) is 0 Å². The normalized spacial score (nSPS) is 9.58. The van der Waals surface area contributed by atoms with E-state index in [0.29, 0.717) is 10.6 Å². The molecule has 0 radical (unpaired) electrons. The fraction of sp³-hybridized carbons (Fsp3) is 0.125. The Morgan fingerprint density at radius 1 is 1.50 bits per heavy atom. The van der Waals surface area contributed by atoms with Crippen molar-refractivity contribution in [2.75, 3.05) is 12.4 Å². The maximum atomic E-state index is 10.7. The maximum Gasteiger partial charge on any atom is 0.253 e. The summed E-state index contributed by atoms with van der Waals surface area (Å²) in [5.74, 6) is 0. The first-order valence-corrected chi connectivity index (χ1v) is 4.08. The number of hydrogen-bond acceptors (Lipinski definition) is 2. The molecule has 0 unspecified atom stereocenters. The third-order valence-corrected chi connectivity index (χ3v) is 1.99. The molecule has 0 spiro atoms. The van der Waals surface area contributed by atoms with E-state index in [1.54, 1.807) is 25.2 Å². The Labute approximate surface area is 80.5 Å². The van der Waals surface area contributed by atoms with Crippen LogP contribution in [0.1, 0.15) is 10.4 Å². The van der Waals surface area contributed by atoms with E-state index in [-0.39, 0.29) is 0 Å². The van der Waals surface area contributed by atoms with Gasteiger partial charge in [-0.2, -0.15) is 0 Å². The maximum absolute atomic E-state index is 10.7. The standard InChI is InChI=1S/C8H7Cl2NO/c1-11-5-2-3-6(8(10)12)7(9)4-5/h2-4,11H,1H3. The van der Waals surface area contributed by atoms with Crippen LogP contribution in [0.15, 0.2) is 18.2 Å². The molecule has 4 heteroatoms. The Kier molecular flexibility index (Phi) is 2.95. The van der Waals surface area contributed by atoms with Crippen molar-refractivity contribution in [3.8, 4) is 0 Å². The molecule has 0 aliphatic heterocycles. The first-order chi connectivity index (χ1) is 5.65. The van der Waals surface area contributed by atoms with E-state index >= 15 is 0 Å². The zero-order chi connectivity index (χ0) is 9.14. The molecule has 0 saturated heterocycles. The Bertz CT molecular complexity index is 312. The van der Waals surface area contributed by atoms with Gasteiger partial charge < -0.3 is 5.32 Å². The SMILES string of the molecule is CNc1ccc(C(=O)Cl)c(Cl)c1. The van der Waals surface area contributed by atoms with Crippen LogP contribution in [0.2, 0.25) is 5.02 Å². The average molecular weight is 204 g/mol. The van der Waals surface area contributed by atoms with Gasteiger partial charge in [0.1, 0.15) is 0 Å². The molecular formula is C8H7Cl2NO. The summed E-state index contributed by atoms with van der Waals surface area (Å²) in [6.45, 7) is 0. The van der Waals surface area contributed by atoms with Crippen LogP contribution >= 0.6 is 23.2 Å². The summed E-state index contributed by atoms with van der Waals surface area (Å²) in [5.41, 5.74) is 1.18. The molecular weight excluding hydrogens is 197 g/mol. The van der Waals surface area contributed by atoms with Gasteiger partial charge in [0.05, 0.1) is 10.6 Å². The summed E-state index contributed by atoms with van der Waals surface area (Å²) < 4.78 is 0. The van der Waals surface area contributed by atoms with Crippen molar-refractivity contribution >= 4 is 34.1 Å². The molecule has 1 aromatic rings. The van der Waals surface area contributed by atoms with Gasteiger partial charge in [0.25, 0.3) is 5.24 Å². The van der Waals surface area contributed by atoms with Crippen molar-refractivity contribution in [1.29, 1.82) is 0 Å². The molecule has 1 aromatic carbocycles. The second kappa shape index (κ2) is 3.78. The van der Waals surface area contributed by atoms with Gasteiger partial charge in [-0.15, -0.1) is 0 Å². The van der Waals surface area contributed by atoms with Gasteiger partial charge in [-0.1, -0.05) is 11.6 Å². The van der Waals surface area contributed by atoms with Gasteiger partial charge in [-0.3, -0.25) is 4.79 Å². The second-order valence-electron chi connectivity index (χ2n) is 2.22. The third-order valence-electron chi connectivity index (χ3n) is 1.47. The van der Waals surface area contributed by atoms with Gasteiger partial charge >= 0.3 is 0 Å². The second-order valence-corrected chi connectivity index (χ2v) is 2.97. The Morgan fingerprint density at radius 2 is 2.17 bits per heavy atom. The van der Waals surface area contributed by atoms with Crippen LogP contribution in [0.4, 0.5) is 5.69 Å².